The third kappa shape index (κ3) is 2.96. The van der Waals surface area contributed by atoms with Crippen molar-refractivity contribution in [3.63, 3.8) is 0 Å². The third-order valence-corrected chi connectivity index (χ3v) is 1.45. The molecule has 72 valence electrons. The van der Waals surface area contributed by atoms with Crippen molar-refractivity contribution < 1.29 is 18.6 Å². The molecule has 0 saturated carbocycles. The molecule has 0 radical (unpaired) electrons. The van der Waals surface area contributed by atoms with E-state index in [2.05, 4.69) is 4.74 Å². The van der Waals surface area contributed by atoms with E-state index in [-0.39, 0.29) is 5.75 Å². The Hall–Kier alpha value is -1.20. The molecular weight excluding hydrogens is 180 g/mol. The van der Waals surface area contributed by atoms with Crippen LogP contribution in [0.5, 0.6) is 5.75 Å². The van der Waals surface area contributed by atoms with Gasteiger partial charge in [-0.25, -0.2) is 0 Å². The van der Waals surface area contributed by atoms with Gasteiger partial charge in [0.25, 0.3) is 0 Å². The molecule has 0 fully saturated rings. The molecule has 3 N–H and O–H groups in total. The number of aliphatic hydroxyl groups excluding tert-OH is 1. The van der Waals surface area contributed by atoms with Crippen LogP contribution in [0, 0.1) is 0 Å². The van der Waals surface area contributed by atoms with Crippen molar-refractivity contribution in [3.05, 3.63) is 29.8 Å². The molecule has 0 heterocycles. The second kappa shape index (κ2) is 4.15. The lowest BCUT2D eigenvalue weighted by Gasteiger charge is -2.06. The van der Waals surface area contributed by atoms with Crippen molar-refractivity contribution >= 4 is 0 Å². The fourth-order valence-electron chi connectivity index (χ4n) is 0.846. The summed E-state index contributed by atoms with van der Waals surface area (Å²) in [6, 6.07) is 5.47. The number of hydrogen-bond donors (Lipinski definition) is 2. The van der Waals surface area contributed by atoms with Gasteiger partial charge >= 0.3 is 6.61 Å². The van der Waals surface area contributed by atoms with Crippen LogP contribution in [0.3, 0.4) is 0 Å². The Labute approximate surface area is 73.7 Å². The summed E-state index contributed by atoms with van der Waals surface area (Å²) in [4.78, 5) is 0. The Morgan fingerprint density at radius 1 is 1.23 bits per heavy atom. The van der Waals surface area contributed by atoms with E-state index < -0.39 is 12.8 Å². The molecule has 0 aliphatic heterocycles. The van der Waals surface area contributed by atoms with Gasteiger partial charge in [0.05, 0.1) is 0 Å². The Morgan fingerprint density at radius 2 is 1.77 bits per heavy atom. The predicted molar refractivity (Wildman–Crippen MR) is 42.2 cm³/mol. The van der Waals surface area contributed by atoms with Gasteiger partial charge in [-0.3, -0.25) is 0 Å². The minimum absolute atomic E-state index is 0.0411. The molecule has 0 unspecified atom stereocenters. The molecule has 3 nitrogen and oxygen atoms in total. The largest absolute Gasteiger partial charge is 0.435 e. The summed E-state index contributed by atoms with van der Waals surface area (Å²) in [6.45, 7) is -2.84. The van der Waals surface area contributed by atoms with Gasteiger partial charge in [-0.2, -0.15) is 8.78 Å². The molecule has 13 heavy (non-hydrogen) atoms. The third-order valence-electron chi connectivity index (χ3n) is 1.45. The van der Waals surface area contributed by atoms with E-state index >= 15 is 0 Å². The zero-order valence-electron chi connectivity index (χ0n) is 6.65. The first-order valence-corrected chi connectivity index (χ1v) is 3.58. The van der Waals surface area contributed by atoms with Gasteiger partial charge in [-0.1, -0.05) is 12.1 Å². The molecule has 0 aromatic heterocycles. The van der Waals surface area contributed by atoms with E-state index in [0.29, 0.717) is 5.56 Å². The fourth-order valence-corrected chi connectivity index (χ4v) is 0.846. The Kier molecular flexibility index (Phi) is 3.16. The number of benzene rings is 1. The van der Waals surface area contributed by atoms with Crippen LogP contribution in [0.4, 0.5) is 8.78 Å². The first kappa shape index (κ1) is 9.88. The minimum atomic E-state index is -2.84. The molecule has 0 spiro atoms. The number of aliphatic hydroxyl groups is 1. The van der Waals surface area contributed by atoms with Gasteiger partial charge in [0.2, 0.25) is 0 Å². The van der Waals surface area contributed by atoms with Crippen molar-refractivity contribution in [3.8, 4) is 5.75 Å². The minimum Gasteiger partial charge on any atom is -0.435 e. The molecule has 1 aromatic rings. The summed E-state index contributed by atoms with van der Waals surface area (Å²) in [5, 5.41) is 8.89. The Balaban J connectivity index is 2.70. The second-order valence-electron chi connectivity index (χ2n) is 2.39. The zero-order valence-corrected chi connectivity index (χ0v) is 6.65. The van der Waals surface area contributed by atoms with Crippen LogP contribution in [0.1, 0.15) is 11.8 Å². The molecule has 1 atom stereocenters. The van der Waals surface area contributed by atoms with Crippen LogP contribution in [0.2, 0.25) is 0 Å². The average Bonchev–Trinajstić information content (AvgIpc) is 2.04. The number of rotatable bonds is 3. The standard InChI is InChI=1S/C8H9F2NO2/c9-8(10)13-6-3-1-5(2-4-6)7(11)12/h1-4,7-8,12H,11H2/t7-/m1/s1. The summed E-state index contributed by atoms with van der Waals surface area (Å²) in [6.07, 6.45) is -1.10. The van der Waals surface area contributed by atoms with Crippen molar-refractivity contribution in [1.82, 2.24) is 0 Å². The van der Waals surface area contributed by atoms with Crippen LogP contribution in [0.25, 0.3) is 0 Å². The molecule has 0 bridgehead atoms. The van der Waals surface area contributed by atoms with Crippen molar-refractivity contribution in [2.75, 3.05) is 0 Å². The lowest BCUT2D eigenvalue weighted by molar-refractivity contribution is -0.0498. The highest BCUT2D eigenvalue weighted by Crippen LogP contribution is 2.16. The lowest BCUT2D eigenvalue weighted by atomic mass is 10.2. The SMILES string of the molecule is N[C@H](O)c1ccc(OC(F)F)cc1. The highest BCUT2D eigenvalue weighted by Gasteiger charge is 2.05. The lowest BCUT2D eigenvalue weighted by Crippen LogP contribution is -2.08. The smallest absolute Gasteiger partial charge is 0.387 e. The van der Waals surface area contributed by atoms with Crippen LogP contribution in [-0.4, -0.2) is 11.7 Å². The summed E-state index contributed by atoms with van der Waals surface area (Å²) in [5.41, 5.74) is 5.58. The summed E-state index contributed by atoms with van der Waals surface area (Å²) in [5.74, 6) is 0.0411. The number of ether oxygens (including phenoxy) is 1. The second-order valence-corrected chi connectivity index (χ2v) is 2.39. The van der Waals surface area contributed by atoms with E-state index in [1.54, 1.807) is 0 Å². The fraction of sp³-hybridized carbons (Fsp3) is 0.250. The van der Waals surface area contributed by atoms with Gasteiger partial charge in [-0.05, 0) is 17.7 Å². The summed E-state index contributed by atoms with van der Waals surface area (Å²) >= 11 is 0. The van der Waals surface area contributed by atoms with Crippen LogP contribution < -0.4 is 10.5 Å². The first-order valence-electron chi connectivity index (χ1n) is 3.58. The predicted octanol–water partition coefficient (Wildman–Crippen LogP) is 1.24. The molecule has 0 saturated heterocycles. The molecule has 0 aliphatic carbocycles. The van der Waals surface area contributed by atoms with E-state index in [4.69, 9.17) is 10.8 Å². The molecule has 5 heteroatoms. The van der Waals surface area contributed by atoms with Crippen molar-refractivity contribution in [2.45, 2.75) is 12.8 Å². The average molecular weight is 189 g/mol. The van der Waals surface area contributed by atoms with Crippen molar-refractivity contribution in [2.24, 2.45) is 5.73 Å². The Morgan fingerprint density at radius 3 is 2.15 bits per heavy atom. The number of halogens is 2. The quantitative estimate of drug-likeness (QED) is 0.703. The monoisotopic (exact) mass is 189 g/mol. The highest BCUT2D eigenvalue weighted by atomic mass is 19.3. The molecule has 1 rings (SSSR count). The Bertz CT molecular complexity index is 261. The maximum Gasteiger partial charge on any atom is 0.387 e. The van der Waals surface area contributed by atoms with Gasteiger partial charge in [0, 0.05) is 0 Å². The summed E-state index contributed by atoms with van der Waals surface area (Å²) in [7, 11) is 0. The summed E-state index contributed by atoms with van der Waals surface area (Å²) < 4.78 is 27.5. The van der Waals surface area contributed by atoms with Gasteiger partial charge in [0.15, 0.2) is 0 Å². The van der Waals surface area contributed by atoms with E-state index in [9.17, 15) is 8.78 Å². The molecule has 0 amide bonds. The normalized spacial score (nSPS) is 13.0. The van der Waals surface area contributed by atoms with Crippen molar-refractivity contribution in [1.29, 1.82) is 0 Å². The zero-order chi connectivity index (χ0) is 9.84. The molecular formula is C8H9F2NO2. The number of nitrogens with two attached hydrogens (primary N) is 1. The van der Waals surface area contributed by atoms with E-state index in [1.165, 1.54) is 24.3 Å². The van der Waals surface area contributed by atoms with Crippen LogP contribution in [-0.2, 0) is 0 Å². The van der Waals surface area contributed by atoms with E-state index in [0.717, 1.165) is 0 Å². The number of hydrogen-bond acceptors (Lipinski definition) is 3. The highest BCUT2D eigenvalue weighted by molar-refractivity contribution is 5.28. The van der Waals surface area contributed by atoms with Gasteiger partial charge < -0.3 is 15.6 Å². The van der Waals surface area contributed by atoms with Crippen LogP contribution in [0.15, 0.2) is 24.3 Å². The van der Waals surface area contributed by atoms with Gasteiger partial charge in [0.1, 0.15) is 12.0 Å². The number of alkyl halides is 2. The topological polar surface area (TPSA) is 55.5 Å². The maximum atomic E-state index is 11.7. The maximum absolute atomic E-state index is 11.7. The van der Waals surface area contributed by atoms with E-state index in [1.807, 2.05) is 0 Å². The van der Waals surface area contributed by atoms with Crippen LogP contribution >= 0.6 is 0 Å². The first-order chi connectivity index (χ1) is 6.09. The molecule has 1 aromatic carbocycles. The van der Waals surface area contributed by atoms with Gasteiger partial charge in [-0.15, -0.1) is 0 Å². The molecule has 0 aliphatic rings.